The molecule has 29 heavy (non-hydrogen) atoms. The van der Waals surface area contributed by atoms with Crippen LogP contribution in [0.1, 0.15) is 36.5 Å². The number of carbonyl (C=O) groups is 2. The fourth-order valence-corrected chi connectivity index (χ4v) is 4.68. The summed E-state index contributed by atoms with van der Waals surface area (Å²) < 4.78 is 51.2. The number of amides is 1. The topological polar surface area (TPSA) is 93.2 Å². The molecule has 0 aromatic heterocycles. The molecule has 0 aliphatic carbocycles. The summed E-state index contributed by atoms with van der Waals surface area (Å²) in [5.41, 5.74) is -0.0256. The van der Waals surface area contributed by atoms with Gasteiger partial charge >= 0.3 is 5.97 Å². The van der Waals surface area contributed by atoms with Crippen molar-refractivity contribution in [2.24, 2.45) is 0 Å². The predicted octanol–water partition coefficient (Wildman–Crippen LogP) is 1.65. The minimum atomic E-state index is -4.05. The molecule has 0 saturated carbocycles. The Bertz CT molecular complexity index is 824. The van der Waals surface area contributed by atoms with Gasteiger partial charge < -0.3 is 14.4 Å². The molecule has 1 saturated heterocycles. The highest BCUT2D eigenvalue weighted by Crippen LogP contribution is 2.24. The molecule has 1 aliphatic heterocycles. The lowest BCUT2D eigenvalue weighted by molar-refractivity contribution is -0.143. The molecule has 0 N–H and O–H groups in total. The number of benzene rings is 1. The summed E-state index contributed by atoms with van der Waals surface area (Å²) in [6.45, 7) is 2.41. The maximum absolute atomic E-state index is 14.4. The fourth-order valence-electron chi connectivity index (χ4n) is 3.08. The van der Waals surface area contributed by atoms with Crippen molar-refractivity contribution < 1.29 is 31.9 Å². The molecule has 10 heteroatoms. The van der Waals surface area contributed by atoms with Crippen LogP contribution < -0.4 is 0 Å². The average molecular weight is 430 g/mol. The molecule has 8 nitrogen and oxygen atoms in total. The van der Waals surface area contributed by atoms with Crippen LogP contribution in [0.3, 0.4) is 0 Å². The van der Waals surface area contributed by atoms with E-state index in [0.717, 1.165) is 18.6 Å². The Labute approximate surface area is 170 Å². The molecule has 2 rings (SSSR count). The van der Waals surface area contributed by atoms with Gasteiger partial charge in [-0.05, 0) is 38.0 Å². The Hall–Kier alpha value is -2.04. The summed E-state index contributed by atoms with van der Waals surface area (Å²) in [6.07, 6.45) is 2.35. The van der Waals surface area contributed by atoms with Crippen molar-refractivity contribution in [1.82, 2.24) is 9.21 Å². The van der Waals surface area contributed by atoms with E-state index in [4.69, 9.17) is 9.47 Å². The Morgan fingerprint density at radius 2 is 1.90 bits per heavy atom. The van der Waals surface area contributed by atoms with Crippen LogP contribution in [0.25, 0.3) is 0 Å². The molecule has 1 aromatic carbocycles. The van der Waals surface area contributed by atoms with E-state index in [-0.39, 0.29) is 31.9 Å². The summed E-state index contributed by atoms with van der Waals surface area (Å²) in [7, 11) is -2.60. The predicted molar refractivity (Wildman–Crippen MR) is 103 cm³/mol. The van der Waals surface area contributed by atoms with Crippen molar-refractivity contribution in [2.75, 3.05) is 46.5 Å². The summed E-state index contributed by atoms with van der Waals surface area (Å²) >= 11 is 0. The molecule has 1 amide bonds. The molecule has 1 fully saturated rings. The van der Waals surface area contributed by atoms with Gasteiger partial charge in [-0.3, -0.25) is 9.59 Å². The highest BCUT2D eigenvalue weighted by atomic mass is 32.2. The van der Waals surface area contributed by atoms with Crippen molar-refractivity contribution in [1.29, 1.82) is 0 Å². The van der Waals surface area contributed by atoms with Gasteiger partial charge in [-0.2, -0.15) is 4.31 Å². The molecule has 162 valence electrons. The van der Waals surface area contributed by atoms with Gasteiger partial charge in [0.1, 0.15) is 17.3 Å². The van der Waals surface area contributed by atoms with E-state index in [9.17, 15) is 22.4 Å². The van der Waals surface area contributed by atoms with Crippen LogP contribution in [0, 0.1) is 5.82 Å². The molecule has 0 unspecified atom stereocenters. The lowest BCUT2D eigenvalue weighted by atomic mass is 10.2. The first-order valence-corrected chi connectivity index (χ1v) is 11.0. The monoisotopic (exact) mass is 430 g/mol. The summed E-state index contributed by atoms with van der Waals surface area (Å²) in [6, 6.07) is 3.20. The van der Waals surface area contributed by atoms with Gasteiger partial charge in [0, 0.05) is 32.3 Å². The van der Waals surface area contributed by atoms with Gasteiger partial charge in [-0.25, -0.2) is 12.8 Å². The number of hydrogen-bond acceptors (Lipinski definition) is 6. The quantitative estimate of drug-likeness (QED) is 0.553. The Morgan fingerprint density at radius 3 is 2.52 bits per heavy atom. The number of halogens is 1. The Balaban J connectivity index is 2.31. The molecule has 0 bridgehead atoms. The van der Waals surface area contributed by atoms with Gasteiger partial charge in [0.05, 0.1) is 13.2 Å². The molecular weight excluding hydrogens is 403 g/mol. The van der Waals surface area contributed by atoms with Gasteiger partial charge in [0.2, 0.25) is 10.0 Å². The van der Waals surface area contributed by atoms with E-state index in [0.29, 0.717) is 25.9 Å². The van der Waals surface area contributed by atoms with Crippen molar-refractivity contribution >= 4 is 21.9 Å². The number of ether oxygens (including phenoxy) is 2. The van der Waals surface area contributed by atoms with Crippen molar-refractivity contribution in [3.05, 3.63) is 29.6 Å². The van der Waals surface area contributed by atoms with Crippen molar-refractivity contribution in [2.45, 2.75) is 31.1 Å². The second kappa shape index (κ2) is 10.7. The SMILES string of the molecule is CCOC(=O)CN(CCOC)C(=O)c1ccc(F)c(S(=O)(=O)N2CCCCC2)c1. The molecule has 0 atom stereocenters. The number of hydrogen-bond donors (Lipinski definition) is 0. The molecule has 0 spiro atoms. The second-order valence-corrected chi connectivity index (χ2v) is 8.54. The second-order valence-electron chi connectivity index (χ2n) is 6.63. The highest BCUT2D eigenvalue weighted by Gasteiger charge is 2.30. The molecule has 1 aliphatic rings. The van der Waals surface area contributed by atoms with Crippen LogP contribution in [0.4, 0.5) is 4.39 Å². The third kappa shape index (κ3) is 5.97. The van der Waals surface area contributed by atoms with Crippen LogP contribution in [-0.2, 0) is 24.3 Å². The fraction of sp³-hybridized carbons (Fsp3) is 0.579. The van der Waals surface area contributed by atoms with Crippen molar-refractivity contribution in [3.8, 4) is 0 Å². The normalized spacial score (nSPS) is 15.1. The lowest BCUT2D eigenvalue weighted by Crippen LogP contribution is -2.39. The summed E-state index contributed by atoms with van der Waals surface area (Å²) in [4.78, 5) is 25.4. The van der Waals surface area contributed by atoms with Crippen LogP contribution in [0.2, 0.25) is 0 Å². The van der Waals surface area contributed by atoms with Crippen LogP contribution in [-0.4, -0.2) is 76.0 Å². The van der Waals surface area contributed by atoms with E-state index in [1.165, 1.54) is 22.4 Å². The average Bonchev–Trinajstić information content (AvgIpc) is 2.71. The summed E-state index contributed by atoms with van der Waals surface area (Å²) in [5, 5.41) is 0. The number of esters is 1. The first kappa shape index (κ1) is 23.2. The van der Waals surface area contributed by atoms with E-state index in [1.807, 2.05) is 0 Å². The van der Waals surface area contributed by atoms with Crippen LogP contribution >= 0.6 is 0 Å². The zero-order valence-electron chi connectivity index (χ0n) is 16.7. The van der Waals surface area contributed by atoms with Gasteiger partial charge in [-0.1, -0.05) is 6.42 Å². The summed E-state index contributed by atoms with van der Waals surface area (Å²) in [5.74, 6) is -2.12. The minimum absolute atomic E-state index is 0.0256. The highest BCUT2D eigenvalue weighted by molar-refractivity contribution is 7.89. The molecule has 1 aromatic rings. The molecule has 1 heterocycles. The first-order valence-electron chi connectivity index (χ1n) is 9.54. The van der Waals surface area contributed by atoms with Crippen LogP contribution in [0.5, 0.6) is 0 Å². The maximum Gasteiger partial charge on any atom is 0.325 e. The largest absolute Gasteiger partial charge is 0.465 e. The molecular formula is C19H27FN2O6S. The maximum atomic E-state index is 14.4. The number of carbonyl (C=O) groups excluding carboxylic acids is 2. The third-order valence-electron chi connectivity index (χ3n) is 4.59. The number of sulfonamides is 1. The van der Waals surface area contributed by atoms with E-state index in [1.54, 1.807) is 6.92 Å². The first-order chi connectivity index (χ1) is 13.8. The standard InChI is InChI=1S/C19H27FN2O6S/c1-3-28-18(23)14-21(11-12-27-2)19(24)15-7-8-16(20)17(13-15)29(25,26)22-9-5-4-6-10-22/h7-8,13H,3-6,9-12,14H2,1-2H3. The van der Waals surface area contributed by atoms with Gasteiger partial charge in [0.15, 0.2) is 0 Å². The van der Waals surface area contributed by atoms with Gasteiger partial charge in [0.25, 0.3) is 5.91 Å². The zero-order valence-corrected chi connectivity index (χ0v) is 17.5. The van der Waals surface area contributed by atoms with E-state index < -0.39 is 32.6 Å². The third-order valence-corrected chi connectivity index (χ3v) is 6.50. The molecule has 0 radical (unpaired) electrons. The Morgan fingerprint density at radius 1 is 1.21 bits per heavy atom. The number of piperidine rings is 1. The zero-order chi connectivity index (χ0) is 21.4. The van der Waals surface area contributed by atoms with E-state index in [2.05, 4.69) is 0 Å². The van der Waals surface area contributed by atoms with E-state index >= 15 is 0 Å². The number of rotatable bonds is 9. The van der Waals surface area contributed by atoms with Gasteiger partial charge in [-0.15, -0.1) is 0 Å². The van der Waals surface area contributed by atoms with Crippen LogP contribution in [0.15, 0.2) is 23.1 Å². The number of methoxy groups -OCH3 is 1. The van der Waals surface area contributed by atoms with Crippen molar-refractivity contribution in [3.63, 3.8) is 0 Å². The Kier molecular flexibility index (Phi) is 8.54. The minimum Gasteiger partial charge on any atom is -0.465 e. The smallest absolute Gasteiger partial charge is 0.325 e. The lowest BCUT2D eigenvalue weighted by Gasteiger charge is -2.26. The number of nitrogens with zero attached hydrogens (tertiary/aromatic N) is 2.